The first-order valence-electron chi connectivity index (χ1n) is 33.5. The van der Waals surface area contributed by atoms with Crippen molar-refractivity contribution in [3.8, 4) is 146 Å². The standard InChI is InChI=1S/C92H56N6/c1-4-22-58(23-5-1)85-93-86(59-24-6-2-7-25-59)96-89(95-85)67-30-20-28-62(52-67)65-47-50-83-75(55-65)72-35-13-18-40-80(72)92(83)81-41-19-14-36-73(81)76-56-66(48-51-84(76)92)63-29-21-31-68(53-63)90-97-87(60-26-8-3-9-27-60)94-88(98-90)61-44-42-57(43-45-61)64-46-49-82-74(54-64)71-34-12-17-39-79(71)91(82)77-37-15-10-32-69(77)70-33-11-16-38-78(70)91/h1-56H. The summed E-state index contributed by atoms with van der Waals surface area (Å²) in [6.07, 6.45) is 0. The van der Waals surface area contributed by atoms with Gasteiger partial charge in [0.15, 0.2) is 34.9 Å². The number of aromatic nitrogens is 6. The van der Waals surface area contributed by atoms with E-state index in [4.69, 9.17) is 29.9 Å². The van der Waals surface area contributed by atoms with Gasteiger partial charge in [0.25, 0.3) is 0 Å². The first-order valence-corrected chi connectivity index (χ1v) is 33.5. The summed E-state index contributed by atoms with van der Waals surface area (Å²) in [4.78, 5) is 30.9. The molecule has 4 aliphatic carbocycles. The van der Waals surface area contributed by atoms with Crippen LogP contribution in [0.3, 0.4) is 0 Å². The lowest BCUT2D eigenvalue weighted by molar-refractivity contribution is 0.794. The van der Waals surface area contributed by atoms with Gasteiger partial charge in [-0.25, -0.2) is 29.9 Å². The van der Waals surface area contributed by atoms with Crippen LogP contribution >= 0.6 is 0 Å². The van der Waals surface area contributed by atoms with Crippen LogP contribution in [-0.2, 0) is 10.8 Å². The molecular formula is C92H56N6. The Balaban J connectivity index is 0.643. The van der Waals surface area contributed by atoms with Gasteiger partial charge in [0.05, 0.1) is 10.8 Å². The van der Waals surface area contributed by atoms with Crippen molar-refractivity contribution in [1.82, 2.24) is 29.9 Å². The third kappa shape index (κ3) is 8.34. The summed E-state index contributed by atoms with van der Waals surface area (Å²) < 4.78 is 0. The fourth-order valence-electron chi connectivity index (χ4n) is 16.6. The number of fused-ring (bicyclic) bond motifs is 20. The predicted octanol–water partition coefficient (Wildman–Crippen LogP) is 21.7. The van der Waals surface area contributed by atoms with Gasteiger partial charge < -0.3 is 0 Å². The maximum Gasteiger partial charge on any atom is 0.164 e. The highest BCUT2D eigenvalue weighted by molar-refractivity contribution is 5.99. The maximum absolute atomic E-state index is 5.31. The summed E-state index contributed by atoms with van der Waals surface area (Å²) in [7, 11) is 0. The van der Waals surface area contributed by atoms with Crippen LogP contribution in [0.15, 0.2) is 340 Å². The molecule has 1 unspecified atom stereocenters. The van der Waals surface area contributed by atoms with Crippen molar-refractivity contribution >= 4 is 0 Å². The monoisotopic (exact) mass is 1240 g/mol. The molecule has 0 radical (unpaired) electrons. The SMILES string of the molecule is c1ccc(-c2nc(-c3ccccc3)nc(-c3cccc(-c4ccc5c(c4)-c4ccccc4C54c5ccccc5-c5cc(-c6cccc(-c7nc(-c8ccccc8)nc(-c8ccc(-c9ccc%10c(c9)-c9ccccc9C%109c%10ccccc%10-c%10ccccc%109)cc8)n7)c6)ccc54)c3)n2)cc1. The number of nitrogens with zero attached hydrogens (tertiary/aromatic N) is 6. The van der Waals surface area contributed by atoms with Gasteiger partial charge in [-0.2, -0.15) is 0 Å². The highest BCUT2D eigenvalue weighted by atomic mass is 15.0. The predicted molar refractivity (Wildman–Crippen MR) is 395 cm³/mol. The van der Waals surface area contributed by atoms with E-state index in [1.165, 1.54) is 89.0 Å². The molecule has 0 aliphatic heterocycles. The Morgan fingerprint density at radius 3 is 0.663 bits per heavy atom. The Morgan fingerprint density at radius 2 is 0.337 bits per heavy atom. The molecule has 20 rings (SSSR count). The van der Waals surface area contributed by atoms with Crippen molar-refractivity contribution in [3.05, 3.63) is 384 Å². The summed E-state index contributed by atoms with van der Waals surface area (Å²) in [5, 5.41) is 0. The van der Waals surface area contributed by atoms with Gasteiger partial charge in [-0.05, 0) is 153 Å². The molecule has 6 nitrogen and oxygen atoms in total. The molecule has 0 fully saturated rings. The van der Waals surface area contributed by atoms with E-state index >= 15 is 0 Å². The zero-order valence-electron chi connectivity index (χ0n) is 53.0. The van der Waals surface area contributed by atoms with Gasteiger partial charge in [0.1, 0.15) is 0 Å². The normalized spacial score (nSPS) is 14.2. The largest absolute Gasteiger partial charge is 0.208 e. The number of hydrogen-bond donors (Lipinski definition) is 0. The van der Waals surface area contributed by atoms with Crippen molar-refractivity contribution in [2.24, 2.45) is 0 Å². The first kappa shape index (κ1) is 55.5. The quantitative estimate of drug-likeness (QED) is 0.143. The van der Waals surface area contributed by atoms with Crippen LogP contribution in [0.2, 0.25) is 0 Å². The molecule has 0 amide bonds. The second kappa shape index (κ2) is 21.8. The highest BCUT2D eigenvalue weighted by Gasteiger charge is 2.53. The first-order chi connectivity index (χ1) is 48.5. The second-order valence-corrected chi connectivity index (χ2v) is 26.0. The van der Waals surface area contributed by atoms with Gasteiger partial charge >= 0.3 is 0 Å². The molecule has 14 aromatic carbocycles. The molecular weight excluding hydrogens is 1190 g/mol. The molecule has 0 N–H and O–H groups in total. The summed E-state index contributed by atoms with van der Waals surface area (Å²) >= 11 is 0. The fourth-order valence-corrected chi connectivity index (χ4v) is 16.6. The Hall–Kier alpha value is -12.9. The molecule has 2 aromatic heterocycles. The number of hydrogen-bond acceptors (Lipinski definition) is 6. The number of benzene rings is 14. The summed E-state index contributed by atoms with van der Waals surface area (Å²) in [5.74, 6) is 3.74. The molecule has 0 saturated carbocycles. The van der Waals surface area contributed by atoms with Crippen LogP contribution in [0.5, 0.6) is 0 Å². The van der Waals surface area contributed by atoms with Gasteiger partial charge in [-0.3, -0.25) is 0 Å². The third-order valence-electron chi connectivity index (χ3n) is 20.8. The molecule has 98 heavy (non-hydrogen) atoms. The van der Waals surface area contributed by atoms with Crippen LogP contribution in [0.25, 0.3) is 146 Å². The number of rotatable bonds is 9. The molecule has 0 saturated heterocycles. The van der Waals surface area contributed by atoms with Crippen molar-refractivity contribution < 1.29 is 0 Å². The average molecular weight is 1250 g/mol. The minimum absolute atomic E-state index is 0.381. The van der Waals surface area contributed by atoms with E-state index in [1.807, 2.05) is 78.9 Å². The molecule has 16 aromatic rings. The van der Waals surface area contributed by atoms with Crippen LogP contribution in [0.4, 0.5) is 0 Å². The Labute approximate surface area is 567 Å². The summed E-state index contributed by atoms with van der Waals surface area (Å²) in [6.45, 7) is 0. The summed E-state index contributed by atoms with van der Waals surface area (Å²) in [6, 6.07) is 123. The van der Waals surface area contributed by atoms with Crippen molar-refractivity contribution in [2.75, 3.05) is 0 Å². The summed E-state index contributed by atoms with van der Waals surface area (Å²) in [5.41, 5.74) is 31.9. The maximum atomic E-state index is 5.31. The van der Waals surface area contributed by atoms with Gasteiger partial charge in [0, 0.05) is 33.4 Å². The molecule has 0 bridgehead atoms. The molecule has 4 aliphatic rings. The minimum Gasteiger partial charge on any atom is -0.208 e. The Bertz CT molecular complexity index is 5840. The molecule has 454 valence electrons. The van der Waals surface area contributed by atoms with E-state index in [1.54, 1.807) is 0 Å². The van der Waals surface area contributed by atoms with Crippen LogP contribution < -0.4 is 0 Å². The fraction of sp³-hybridized carbons (Fsp3) is 0.0217. The molecule has 2 spiro atoms. The van der Waals surface area contributed by atoms with Crippen molar-refractivity contribution in [1.29, 1.82) is 0 Å². The van der Waals surface area contributed by atoms with E-state index < -0.39 is 5.41 Å². The Morgan fingerprint density at radius 1 is 0.133 bits per heavy atom. The van der Waals surface area contributed by atoms with Crippen LogP contribution in [-0.4, -0.2) is 29.9 Å². The highest BCUT2D eigenvalue weighted by Crippen LogP contribution is 2.65. The van der Waals surface area contributed by atoms with Crippen molar-refractivity contribution in [3.63, 3.8) is 0 Å². The Kier molecular flexibility index (Phi) is 12.4. The van der Waals surface area contributed by atoms with Gasteiger partial charge in [0.2, 0.25) is 0 Å². The van der Waals surface area contributed by atoms with E-state index in [2.05, 4.69) is 261 Å². The van der Waals surface area contributed by atoms with E-state index in [-0.39, 0.29) is 5.41 Å². The molecule has 1 atom stereocenters. The minimum atomic E-state index is -0.536. The lowest BCUT2D eigenvalue weighted by Crippen LogP contribution is -2.25. The van der Waals surface area contributed by atoms with Gasteiger partial charge in [-0.15, -0.1) is 0 Å². The van der Waals surface area contributed by atoms with Crippen LogP contribution in [0, 0.1) is 0 Å². The lowest BCUT2D eigenvalue weighted by Gasteiger charge is -2.30. The van der Waals surface area contributed by atoms with E-state index in [9.17, 15) is 0 Å². The van der Waals surface area contributed by atoms with E-state index in [0.717, 1.165) is 66.8 Å². The second-order valence-electron chi connectivity index (χ2n) is 26.0. The average Bonchev–Trinajstić information content (AvgIpc) is 1.52. The lowest BCUT2D eigenvalue weighted by atomic mass is 9.70. The topological polar surface area (TPSA) is 77.3 Å². The molecule has 6 heteroatoms. The zero-order chi connectivity index (χ0) is 64.5. The van der Waals surface area contributed by atoms with E-state index in [0.29, 0.717) is 34.9 Å². The third-order valence-corrected chi connectivity index (χ3v) is 20.8. The van der Waals surface area contributed by atoms with Gasteiger partial charge in [-0.1, -0.05) is 309 Å². The van der Waals surface area contributed by atoms with Crippen molar-refractivity contribution in [2.45, 2.75) is 10.8 Å². The van der Waals surface area contributed by atoms with Crippen LogP contribution in [0.1, 0.15) is 44.5 Å². The smallest absolute Gasteiger partial charge is 0.164 e. The zero-order valence-corrected chi connectivity index (χ0v) is 53.0. The molecule has 2 heterocycles.